The number of carbonyl (C=O) groups excluding carboxylic acids is 1. The first-order chi connectivity index (χ1) is 14.0. The van der Waals surface area contributed by atoms with Crippen LogP contribution in [0.5, 0.6) is 0 Å². The van der Waals surface area contributed by atoms with E-state index in [2.05, 4.69) is 10.1 Å². The molecule has 0 aliphatic carbocycles. The second-order valence-corrected chi connectivity index (χ2v) is 7.57. The fraction of sp³-hybridized carbons (Fsp3) is 0.238. The summed E-state index contributed by atoms with van der Waals surface area (Å²) in [4.78, 5) is 31.0. The lowest BCUT2D eigenvalue weighted by Crippen LogP contribution is -2.39. The Labute approximate surface area is 170 Å². The fourth-order valence-electron chi connectivity index (χ4n) is 3.51. The minimum absolute atomic E-state index is 0.194. The summed E-state index contributed by atoms with van der Waals surface area (Å²) in [6, 6.07) is 10.7. The van der Waals surface area contributed by atoms with Gasteiger partial charge in [0.2, 0.25) is 0 Å². The number of fused-ring (bicyclic) bond motifs is 1. The van der Waals surface area contributed by atoms with Crippen molar-refractivity contribution in [2.75, 3.05) is 7.11 Å². The van der Waals surface area contributed by atoms with Crippen molar-refractivity contribution in [3.63, 3.8) is 0 Å². The zero-order valence-corrected chi connectivity index (χ0v) is 17.1. The van der Waals surface area contributed by atoms with Crippen LogP contribution in [0.25, 0.3) is 6.08 Å². The van der Waals surface area contributed by atoms with Crippen molar-refractivity contribution in [2.24, 2.45) is 4.99 Å². The lowest BCUT2D eigenvalue weighted by atomic mass is 9.96. The van der Waals surface area contributed by atoms with Gasteiger partial charge in [-0.2, -0.15) is 5.10 Å². The summed E-state index contributed by atoms with van der Waals surface area (Å²) in [6.07, 6.45) is 3.53. The third kappa shape index (κ3) is 3.25. The molecule has 1 atom stereocenters. The molecular formula is C21H20N4O3S. The number of hydrogen-bond donors (Lipinski definition) is 0. The SMILES string of the molecule is CCn1nccc1/C=c1/sc2n(c1=O)[C@@H](c1ccccc1)C(C(=O)OC)=C(C)N=2. The van der Waals surface area contributed by atoms with Crippen molar-refractivity contribution in [3.8, 4) is 0 Å². The van der Waals surface area contributed by atoms with Crippen LogP contribution in [0.3, 0.4) is 0 Å². The van der Waals surface area contributed by atoms with Gasteiger partial charge >= 0.3 is 5.97 Å². The van der Waals surface area contributed by atoms with E-state index in [-0.39, 0.29) is 5.56 Å². The third-order valence-electron chi connectivity index (χ3n) is 4.87. The van der Waals surface area contributed by atoms with E-state index in [4.69, 9.17) is 4.74 Å². The van der Waals surface area contributed by atoms with Gasteiger partial charge in [0.1, 0.15) is 0 Å². The Hall–Kier alpha value is -3.26. The van der Waals surface area contributed by atoms with Crippen LogP contribution in [0.1, 0.15) is 31.1 Å². The standard InChI is InChI=1S/C21H20N4O3S/c1-4-24-15(10-11-22-24)12-16-19(26)25-18(14-8-6-5-7-9-14)17(20(27)28-3)13(2)23-21(25)29-16/h5-12,18H,4H2,1-3H3/b16-12+/t18-/m0/s1. The van der Waals surface area contributed by atoms with Gasteiger partial charge in [0.05, 0.1) is 34.6 Å². The van der Waals surface area contributed by atoms with Gasteiger partial charge in [-0.3, -0.25) is 14.0 Å². The highest BCUT2D eigenvalue weighted by molar-refractivity contribution is 7.07. The maximum absolute atomic E-state index is 13.4. The quantitative estimate of drug-likeness (QED) is 0.615. The van der Waals surface area contributed by atoms with Crippen LogP contribution < -0.4 is 14.9 Å². The van der Waals surface area contributed by atoms with E-state index in [1.54, 1.807) is 17.7 Å². The van der Waals surface area contributed by atoms with E-state index >= 15 is 0 Å². The van der Waals surface area contributed by atoms with Crippen molar-refractivity contribution in [1.29, 1.82) is 0 Å². The summed E-state index contributed by atoms with van der Waals surface area (Å²) in [6.45, 7) is 4.47. The zero-order chi connectivity index (χ0) is 20.5. The molecule has 2 aromatic heterocycles. The van der Waals surface area contributed by atoms with E-state index in [9.17, 15) is 9.59 Å². The predicted octanol–water partition coefficient (Wildman–Crippen LogP) is 1.62. The van der Waals surface area contributed by atoms with E-state index < -0.39 is 12.0 Å². The van der Waals surface area contributed by atoms with Crippen LogP contribution in [-0.2, 0) is 16.1 Å². The molecule has 0 radical (unpaired) electrons. The molecule has 0 unspecified atom stereocenters. The molecule has 3 heterocycles. The lowest BCUT2D eigenvalue weighted by molar-refractivity contribution is -0.136. The zero-order valence-electron chi connectivity index (χ0n) is 16.3. The molecule has 0 bridgehead atoms. The summed E-state index contributed by atoms with van der Waals surface area (Å²) in [5.74, 6) is -0.488. The Balaban J connectivity index is 1.98. The van der Waals surface area contributed by atoms with Crippen LogP contribution in [-0.4, -0.2) is 27.4 Å². The second-order valence-electron chi connectivity index (χ2n) is 6.56. The Morgan fingerprint density at radius 1 is 1.28 bits per heavy atom. The molecule has 0 spiro atoms. The molecule has 0 amide bonds. The van der Waals surface area contributed by atoms with Crippen molar-refractivity contribution >= 4 is 23.4 Å². The van der Waals surface area contributed by atoms with Crippen LogP contribution in [0.4, 0.5) is 0 Å². The number of aryl methyl sites for hydroxylation is 1. The number of hydrogen-bond acceptors (Lipinski definition) is 6. The Bertz CT molecular complexity index is 1280. The Morgan fingerprint density at radius 3 is 2.72 bits per heavy atom. The van der Waals surface area contributed by atoms with Crippen LogP contribution in [0.2, 0.25) is 0 Å². The molecule has 3 aromatic rings. The normalized spacial score (nSPS) is 16.5. The largest absolute Gasteiger partial charge is 0.466 e. The highest BCUT2D eigenvalue weighted by atomic mass is 32.1. The smallest absolute Gasteiger partial charge is 0.338 e. The molecule has 0 saturated heterocycles. The number of aromatic nitrogens is 3. The average molecular weight is 408 g/mol. The van der Waals surface area contributed by atoms with Crippen molar-refractivity contribution in [3.05, 3.63) is 84.8 Å². The van der Waals surface area contributed by atoms with Gasteiger partial charge in [-0.1, -0.05) is 41.7 Å². The van der Waals surface area contributed by atoms with Crippen molar-refractivity contribution in [1.82, 2.24) is 14.3 Å². The number of benzene rings is 1. The first-order valence-corrected chi connectivity index (χ1v) is 10.0. The number of methoxy groups -OCH3 is 1. The molecule has 148 valence electrons. The minimum atomic E-state index is -0.585. The number of ether oxygens (including phenoxy) is 1. The summed E-state index contributed by atoms with van der Waals surface area (Å²) in [7, 11) is 1.34. The fourth-order valence-corrected chi connectivity index (χ4v) is 4.54. The second kappa shape index (κ2) is 7.63. The van der Waals surface area contributed by atoms with E-state index in [1.807, 2.05) is 54.1 Å². The van der Waals surface area contributed by atoms with Gasteiger partial charge in [-0.05, 0) is 31.6 Å². The van der Waals surface area contributed by atoms with Crippen molar-refractivity contribution < 1.29 is 9.53 Å². The molecule has 7 nitrogen and oxygen atoms in total. The average Bonchev–Trinajstić information content (AvgIpc) is 3.31. The lowest BCUT2D eigenvalue weighted by Gasteiger charge is -2.24. The van der Waals surface area contributed by atoms with Gasteiger partial charge in [0.25, 0.3) is 5.56 Å². The summed E-state index contributed by atoms with van der Waals surface area (Å²) in [5.41, 5.74) is 2.40. The highest BCUT2D eigenvalue weighted by Gasteiger charge is 2.32. The predicted molar refractivity (Wildman–Crippen MR) is 110 cm³/mol. The minimum Gasteiger partial charge on any atom is -0.466 e. The highest BCUT2D eigenvalue weighted by Crippen LogP contribution is 2.30. The monoisotopic (exact) mass is 408 g/mol. The van der Waals surface area contributed by atoms with E-state index in [1.165, 1.54) is 18.4 Å². The summed E-state index contributed by atoms with van der Waals surface area (Å²) >= 11 is 1.30. The van der Waals surface area contributed by atoms with Crippen LogP contribution >= 0.6 is 11.3 Å². The maximum Gasteiger partial charge on any atom is 0.338 e. The molecule has 0 saturated carbocycles. The summed E-state index contributed by atoms with van der Waals surface area (Å²) in [5, 5.41) is 4.25. The molecule has 0 fully saturated rings. The van der Waals surface area contributed by atoms with Gasteiger partial charge in [-0.25, -0.2) is 9.79 Å². The van der Waals surface area contributed by atoms with Gasteiger partial charge in [-0.15, -0.1) is 0 Å². The Kier molecular flexibility index (Phi) is 5.02. The van der Waals surface area contributed by atoms with E-state index in [0.717, 1.165) is 11.3 Å². The first-order valence-electron chi connectivity index (χ1n) is 9.22. The van der Waals surface area contributed by atoms with Crippen LogP contribution in [0.15, 0.2) is 63.7 Å². The van der Waals surface area contributed by atoms with Gasteiger partial charge < -0.3 is 4.74 Å². The Morgan fingerprint density at radius 2 is 2.03 bits per heavy atom. The topological polar surface area (TPSA) is 78.5 Å². The molecule has 8 heteroatoms. The molecule has 1 aromatic carbocycles. The molecule has 29 heavy (non-hydrogen) atoms. The third-order valence-corrected chi connectivity index (χ3v) is 5.85. The molecule has 1 aliphatic rings. The van der Waals surface area contributed by atoms with Gasteiger partial charge in [0, 0.05) is 12.7 Å². The summed E-state index contributed by atoms with van der Waals surface area (Å²) < 4.78 is 8.94. The first kappa shape index (κ1) is 19.1. The number of carbonyl (C=O) groups is 1. The van der Waals surface area contributed by atoms with E-state index in [0.29, 0.717) is 27.1 Å². The molecular weight excluding hydrogens is 388 g/mol. The number of allylic oxidation sites excluding steroid dienone is 1. The van der Waals surface area contributed by atoms with Gasteiger partial charge in [0.15, 0.2) is 4.80 Å². The molecule has 1 aliphatic heterocycles. The maximum atomic E-state index is 13.4. The number of esters is 1. The van der Waals surface area contributed by atoms with Crippen molar-refractivity contribution in [2.45, 2.75) is 26.4 Å². The number of nitrogens with zero attached hydrogens (tertiary/aromatic N) is 4. The number of rotatable bonds is 4. The molecule has 0 N–H and O–H groups in total. The number of thiazole rings is 1. The van der Waals surface area contributed by atoms with Crippen LogP contribution in [0, 0.1) is 0 Å². The molecule has 4 rings (SSSR count).